The molecule has 1 rings (SSSR count). The highest BCUT2D eigenvalue weighted by atomic mass is 19.1. The van der Waals surface area contributed by atoms with Crippen LogP contribution in [0.4, 0.5) is 4.39 Å². The van der Waals surface area contributed by atoms with Crippen LogP contribution in [0.2, 0.25) is 0 Å². The first-order chi connectivity index (χ1) is 5.75. The summed E-state index contributed by atoms with van der Waals surface area (Å²) in [5, 5.41) is 1.33. The third-order valence-electron chi connectivity index (χ3n) is 1.61. The molecule has 2 heteroatoms. The van der Waals surface area contributed by atoms with Gasteiger partial charge in [0, 0.05) is 11.4 Å². The largest absolute Gasteiger partial charge is 0.257 e. The molecule has 1 heterocycles. The van der Waals surface area contributed by atoms with E-state index < -0.39 is 0 Å². The van der Waals surface area contributed by atoms with E-state index in [4.69, 9.17) is 0 Å². The van der Waals surface area contributed by atoms with Crippen molar-refractivity contribution in [1.29, 1.82) is 0 Å². The van der Waals surface area contributed by atoms with Crippen LogP contribution >= 0.6 is 0 Å². The van der Waals surface area contributed by atoms with Crippen LogP contribution in [-0.2, 0) is 0 Å². The first-order valence-corrected chi connectivity index (χ1v) is 4.03. The van der Waals surface area contributed by atoms with E-state index in [2.05, 4.69) is 4.98 Å². The molecule has 0 unspecified atom stereocenters. The normalized spacial score (nSPS) is 14.8. The summed E-state index contributed by atoms with van der Waals surface area (Å²) in [6, 6.07) is 3.48. The number of hydrogen-bond donors (Lipinski definition) is 0. The lowest BCUT2D eigenvalue weighted by atomic mass is 10.3. The van der Waals surface area contributed by atoms with Crippen molar-refractivity contribution in [3.63, 3.8) is 0 Å². The van der Waals surface area contributed by atoms with Crippen molar-refractivity contribution in [3.8, 4) is 0 Å². The predicted octanol–water partition coefficient (Wildman–Crippen LogP) is 1.37. The van der Waals surface area contributed by atoms with Gasteiger partial charge in [0.05, 0.1) is 5.35 Å². The quantitative estimate of drug-likeness (QED) is 0.612. The van der Waals surface area contributed by atoms with Gasteiger partial charge < -0.3 is 0 Å². The first kappa shape index (κ1) is 8.91. The molecule has 12 heavy (non-hydrogen) atoms. The second-order valence-corrected chi connectivity index (χ2v) is 2.58. The maximum Gasteiger partial charge on any atom is 0.106 e. The molecule has 0 radical (unpaired) electrons. The minimum atomic E-state index is -0.178. The molecule has 0 fully saturated rings. The minimum absolute atomic E-state index is 0.178. The van der Waals surface area contributed by atoms with Gasteiger partial charge in [-0.25, -0.2) is 4.39 Å². The fourth-order valence-electron chi connectivity index (χ4n) is 1.06. The van der Waals surface area contributed by atoms with E-state index in [-0.39, 0.29) is 5.83 Å². The Balaban J connectivity index is 3.50. The summed E-state index contributed by atoms with van der Waals surface area (Å²) in [6.45, 7) is 3.45. The van der Waals surface area contributed by atoms with Crippen molar-refractivity contribution in [3.05, 3.63) is 28.9 Å². The van der Waals surface area contributed by atoms with Crippen LogP contribution in [-0.4, -0.2) is 4.98 Å². The molecule has 0 saturated heterocycles. The maximum absolute atomic E-state index is 12.9. The molecule has 0 N–H and O–H groups in total. The van der Waals surface area contributed by atoms with Crippen LogP contribution in [0, 0.1) is 0 Å². The molecule has 1 nitrogen and oxygen atoms in total. The van der Waals surface area contributed by atoms with Crippen LogP contribution in [0.1, 0.15) is 20.3 Å². The Bertz CT molecular complexity index is 364. The molecule has 0 spiro atoms. The Hall–Kier alpha value is -1.18. The van der Waals surface area contributed by atoms with E-state index in [1.165, 1.54) is 6.92 Å². The van der Waals surface area contributed by atoms with Crippen LogP contribution < -0.4 is 10.6 Å². The van der Waals surface area contributed by atoms with Gasteiger partial charge in [0.25, 0.3) is 0 Å². The molecule has 1 aromatic heterocycles. The van der Waals surface area contributed by atoms with Gasteiger partial charge in [0.1, 0.15) is 5.83 Å². The summed E-state index contributed by atoms with van der Waals surface area (Å²) in [5.41, 5.74) is 0. The lowest BCUT2D eigenvalue weighted by Gasteiger charge is -1.89. The zero-order chi connectivity index (χ0) is 8.97. The van der Waals surface area contributed by atoms with E-state index in [9.17, 15) is 4.39 Å². The minimum Gasteiger partial charge on any atom is -0.257 e. The Morgan fingerprint density at radius 1 is 1.67 bits per heavy atom. The second-order valence-electron chi connectivity index (χ2n) is 2.58. The zero-order valence-corrected chi connectivity index (χ0v) is 7.34. The molecule has 0 aliphatic heterocycles. The summed E-state index contributed by atoms with van der Waals surface area (Å²) in [6.07, 6.45) is 4.46. The van der Waals surface area contributed by atoms with Gasteiger partial charge in [0.2, 0.25) is 0 Å². The number of hydrogen-bond acceptors (Lipinski definition) is 1. The SMILES string of the molecule is CCC=c1ncccc1=C(C)F. The highest BCUT2D eigenvalue weighted by Crippen LogP contribution is 1.86. The summed E-state index contributed by atoms with van der Waals surface area (Å²) in [4.78, 5) is 4.07. The van der Waals surface area contributed by atoms with Crippen molar-refractivity contribution in [2.45, 2.75) is 20.3 Å². The van der Waals surface area contributed by atoms with Gasteiger partial charge in [-0.3, -0.25) is 4.98 Å². The average molecular weight is 165 g/mol. The summed E-state index contributed by atoms with van der Waals surface area (Å²) >= 11 is 0. The predicted molar refractivity (Wildman–Crippen MR) is 48.4 cm³/mol. The van der Waals surface area contributed by atoms with Crippen LogP contribution in [0.15, 0.2) is 18.3 Å². The standard InChI is InChI=1S/C10H12FN/c1-3-5-10-9(8(2)11)6-4-7-12-10/h4-7H,3H2,1-2H3. The number of nitrogens with zero attached hydrogens (tertiary/aromatic N) is 1. The molecule has 0 aliphatic rings. The van der Waals surface area contributed by atoms with Gasteiger partial charge in [0.15, 0.2) is 0 Å². The molecule has 0 atom stereocenters. The van der Waals surface area contributed by atoms with Crippen LogP contribution in [0.25, 0.3) is 11.9 Å². The van der Waals surface area contributed by atoms with Crippen molar-refractivity contribution in [2.24, 2.45) is 0 Å². The summed E-state index contributed by atoms with van der Waals surface area (Å²) in [5.74, 6) is -0.178. The Morgan fingerprint density at radius 3 is 3.00 bits per heavy atom. The number of aromatic nitrogens is 1. The topological polar surface area (TPSA) is 12.9 Å². The van der Waals surface area contributed by atoms with Gasteiger partial charge in [-0.15, -0.1) is 0 Å². The average Bonchev–Trinajstić information content (AvgIpc) is 2.05. The molecule has 0 aromatic carbocycles. The second kappa shape index (κ2) is 4.00. The highest BCUT2D eigenvalue weighted by molar-refractivity contribution is 5.34. The van der Waals surface area contributed by atoms with Gasteiger partial charge in [-0.05, 0) is 25.5 Å². The smallest absolute Gasteiger partial charge is 0.106 e. The molecule has 1 aromatic rings. The highest BCUT2D eigenvalue weighted by Gasteiger charge is 1.89. The van der Waals surface area contributed by atoms with E-state index in [1.807, 2.05) is 13.0 Å². The summed E-state index contributed by atoms with van der Waals surface area (Å²) in [7, 11) is 0. The Labute approximate surface area is 71.3 Å². The van der Waals surface area contributed by atoms with Crippen LogP contribution in [0.3, 0.4) is 0 Å². The lowest BCUT2D eigenvalue weighted by molar-refractivity contribution is 0.739. The van der Waals surface area contributed by atoms with Crippen LogP contribution in [0.5, 0.6) is 0 Å². The monoisotopic (exact) mass is 165 g/mol. The summed E-state index contributed by atoms with van der Waals surface area (Å²) < 4.78 is 12.9. The van der Waals surface area contributed by atoms with E-state index in [0.717, 1.165) is 11.8 Å². The van der Waals surface area contributed by atoms with E-state index in [0.29, 0.717) is 5.22 Å². The van der Waals surface area contributed by atoms with Gasteiger partial charge in [-0.1, -0.05) is 13.0 Å². The van der Waals surface area contributed by atoms with Gasteiger partial charge >= 0.3 is 0 Å². The maximum atomic E-state index is 12.9. The van der Waals surface area contributed by atoms with E-state index in [1.54, 1.807) is 18.3 Å². The molecule has 0 saturated carbocycles. The molecule has 0 amide bonds. The fraction of sp³-hybridized carbons (Fsp3) is 0.300. The fourth-order valence-corrected chi connectivity index (χ4v) is 1.06. The molecule has 0 bridgehead atoms. The number of rotatable bonds is 1. The van der Waals surface area contributed by atoms with Crippen molar-refractivity contribution in [2.75, 3.05) is 0 Å². The third kappa shape index (κ3) is 1.91. The Kier molecular flexibility index (Phi) is 2.97. The van der Waals surface area contributed by atoms with Crippen molar-refractivity contribution >= 4 is 11.9 Å². The molecule has 0 aliphatic carbocycles. The Morgan fingerprint density at radius 2 is 2.42 bits per heavy atom. The van der Waals surface area contributed by atoms with Gasteiger partial charge in [-0.2, -0.15) is 0 Å². The zero-order valence-electron chi connectivity index (χ0n) is 7.34. The molecular weight excluding hydrogens is 153 g/mol. The molecule has 64 valence electrons. The van der Waals surface area contributed by atoms with Crippen molar-refractivity contribution in [1.82, 2.24) is 4.98 Å². The van der Waals surface area contributed by atoms with Crippen molar-refractivity contribution < 1.29 is 4.39 Å². The molecular formula is C10H12FN. The lowest BCUT2D eigenvalue weighted by Crippen LogP contribution is -2.28. The van der Waals surface area contributed by atoms with E-state index >= 15 is 0 Å². The third-order valence-corrected chi connectivity index (χ3v) is 1.61. The first-order valence-electron chi connectivity index (χ1n) is 4.03. The number of halogens is 1. The number of pyridine rings is 1.